The van der Waals surface area contributed by atoms with Gasteiger partial charge in [0, 0.05) is 12.3 Å². The van der Waals surface area contributed by atoms with E-state index in [1.54, 1.807) is 0 Å². The monoisotopic (exact) mass is 526 g/mol. The largest absolute Gasteiger partial charge is 0.463 e. The maximum atomic E-state index is 11.2. The quantitative estimate of drug-likeness (QED) is 0.198. The first kappa shape index (κ1) is 28.9. The second kappa shape index (κ2) is 10.5. The Bertz CT molecular complexity index is 872. The van der Waals surface area contributed by atoms with Crippen molar-refractivity contribution in [3.05, 3.63) is 11.6 Å². The number of hydrogen-bond donors (Lipinski definition) is 5. The minimum atomic E-state index is -1.46. The number of esters is 1. The van der Waals surface area contributed by atoms with Gasteiger partial charge in [-0.1, -0.05) is 39.3 Å². The van der Waals surface area contributed by atoms with E-state index in [9.17, 15) is 30.3 Å². The van der Waals surface area contributed by atoms with Gasteiger partial charge >= 0.3 is 5.97 Å². The highest BCUT2D eigenvalue weighted by atomic mass is 16.7. The van der Waals surface area contributed by atoms with Crippen molar-refractivity contribution in [3.8, 4) is 0 Å². The van der Waals surface area contributed by atoms with Gasteiger partial charge < -0.3 is 39.7 Å². The van der Waals surface area contributed by atoms with Crippen LogP contribution in [0.3, 0.4) is 0 Å². The zero-order chi connectivity index (χ0) is 27.3. The molecule has 37 heavy (non-hydrogen) atoms. The Balaban J connectivity index is 1.50. The summed E-state index contributed by atoms with van der Waals surface area (Å²) in [6.07, 6.45) is 0.254. The molecule has 0 spiro atoms. The van der Waals surface area contributed by atoms with Gasteiger partial charge in [0.05, 0.1) is 18.8 Å². The second-order valence-electron chi connectivity index (χ2n) is 12.9. The Morgan fingerprint density at radius 2 is 1.78 bits per heavy atom. The minimum absolute atomic E-state index is 0.00414. The standard InChI is InChI=1S/C28H46O9/c1-15(30)35-14-20(31)27(4)10-8-17-16(12-27)6-7-19-26(2,3)21(9-11-28(17,19)5)37-25-24(34)23(33)22(32)18(13-29)36-25/h12,17-25,29,31-34H,6-11,13-14H2,1-5H3/t17-,18+,19-,20-,21+,22+,23-,24+,25+,27-,28-/m0/s1. The maximum Gasteiger partial charge on any atom is 0.302 e. The molecule has 0 aromatic heterocycles. The molecule has 4 aliphatic rings. The SMILES string of the molecule is CC(=O)OC[C@H](O)[C@]1(C)C=C2CC[C@H]3C(C)(C)[C@H](O[C@H]4O[C@H](CO)[C@@H](O)[C@H](O)[C@H]4O)CC[C@@]3(C)[C@H]2CC1. The predicted octanol–water partition coefficient (Wildman–Crippen LogP) is 1.67. The molecule has 0 aromatic carbocycles. The van der Waals surface area contributed by atoms with Gasteiger partial charge in [0.15, 0.2) is 6.29 Å². The van der Waals surface area contributed by atoms with E-state index in [0.29, 0.717) is 11.8 Å². The summed E-state index contributed by atoms with van der Waals surface area (Å²) < 4.78 is 17.1. The van der Waals surface area contributed by atoms with E-state index in [2.05, 4.69) is 26.8 Å². The fraction of sp³-hybridized carbons (Fsp3) is 0.893. The summed E-state index contributed by atoms with van der Waals surface area (Å²) in [7, 11) is 0. The van der Waals surface area contributed by atoms with Crippen LogP contribution in [0, 0.1) is 28.1 Å². The summed E-state index contributed by atoms with van der Waals surface area (Å²) in [5.41, 5.74) is 0.764. The van der Waals surface area contributed by atoms with Gasteiger partial charge in [-0.25, -0.2) is 0 Å². The first-order valence-corrected chi connectivity index (χ1v) is 13.7. The number of ether oxygens (including phenoxy) is 3. The second-order valence-corrected chi connectivity index (χ2v) is 12.9. The Labute approximate surface area is 219 Å². The molecule has 0 amide bonds. The van der Waals surface area contributed by atoms with E-state index in [1.807, 2.05) is 6.92 Å². The lowest BCUT2D eigenvalue weighted by Gasteiger charge is -2.62. The number of aliphatic hydroxyl groups excluding tert-OH is 5. The van der Waals surface area contributed by atoms with E-state index in [0.717, 1.165) is 38.5 Å². The third-order valence-electron chi connectivity index (χ3n) is 10.3. The third-order valence-corrected chi connectivity index (χ3v) is 10.3. The lowest BCUT2D eigenvalue weighted by Crippen LogP contribution is -2.62. The van der Waals surface area contributed by atoms with Crippen LogP contribution in [0.15, 0.2) is 11.6 Å². The molecule has 0 radical (unpaired) electrons. The van der Waals surface area contributed by atoms with Gasteiger partial charge in [-0.2, -0.15) is 0 Å². The zero-order valence-electron chi connectivity index (χ0n) is 22.8. The number of carbonyl (C=O) groups is 1. The van der Waals surface area contributed by atoms with E-state index >= 15 is 0 Å². The van der Waals surface area contributed by atoms with Crippen LogP contribution in [0.5, 0.6) is 0 Å². The molecular formula is C28H46O9. The summed E-state index contributed by atoms with van der Waals surface area (Å²) in [5.74, 6) is 0.357. The first-order chi connectivity index (χ1) is 17.2. The van der Waals surface area contributed by atoms with Crippen molar-refractivity contribution in [2.45, 2.75) is 116 Å². The summed E-state index contributed by atoms with van der Waals surface area (Å²) in [5, 5.41) is 51.2. The molecule has 3 aliphatic carbocycles. The lowest BCUT2D eigenvalue weighted by atomic mass is 9.45. The number of allylic oxidation sites excluding steroid dienone is 1. The van der Waals surface area contributed by atoms with Crippen LogP contribution in [0.25, 0.3) is 0 Å². The highest BCUT2D eigenvalue weighted by Gasteiger charge is 2.59. The highest BCUT2D eigenvalue weighted by molar-refractivity contribution is 5.65. The average molecular weight is 527 g/mol. The van der Waals surface area contributed by atoms with Gasteiger partial charge in [-0.15, -0.1) is 0 Å². The van der Waals surface area contributed by atoms with Crippen molar-refractivity contribution in [2.24, 2.45) is 28.1 Å². The summed E-state index contributed by atoms with van der Waals surface area (Å²) in [4.78, 5) is 11.2. The number of rotatable bonds is 6. The van der Waals surface area contributed by atoms with E-state index < -0.39 is 48.8 Å². The molecule has 0 aromatic rings. The molecule has 1 aliphatic heterocycles. The van der Waals surface area contributed by atoms with Crippen molar-refractivity contribution < 1.29 is 44.5 Å². The number of hydrogen-bond acceptors (Lipinski definition) is 9. The Hall–Kier alpha value is -1.07. The van der Waals surface area contributed by atoms with Crippen LogP contribution >= 0.6 is 0 Å². The van der Waals surface area contributed by atoms with Crippen LogP contribution in [-0.2, 0) is 19.0 Å². The molecule has 0 bridgehead atoms. The molecule has 1 heterocycles. The smallest absolute Gasteiger partial charge is 0.302 e. The summed E-state index contributed by atoms with van der Waals surface area (Å²) in [6, 6.07) is 0. The molecule has 5 N–H and O–H groups in total. The number of carbonyl (C=O) groups excluding carboxylic acids is 1. The maximum absolute atomic E-state index is 11.2. The third kappa shape index (κ3) is 5.13. The lowest BCUT2D eigenvalue weighted by molar-refractivity contribution is -0.327. The molecule has 212 valence electrons. The highest BCUT2D eigenvalue weighted by Crippen LogP contribution is 2.64. The van der Waals surface area contributed by atoms with E-state index in [4.69, 9.17) is 14.2 Å². The van der Waals surface area contributed by atoms with Gasteiger partial charge in [0.2, 0.25) is 0 Å². The van der Waals surface area contributed by atoms with Crippen molar-refractivity contribution in [1.82, 2.24) is 0 Å². The van der Waals surface area contributed by atoms with Gasteiger partial charge in [0.1, 0.15) is 31.0 Å². The van der Waals surface area contributed by atoms with E-state index in [-0.39, 0.29) is 29.5 Å². The molecule has 0 unspecified atom stereocenters. The summed E-state index contributed by atoms with van der Waals surface area (Å²) >= 11 is 0. The molecule has 3 fully saturated rings. The molecule has 9 nitrogen and oxygen atoms in total. The van der Waals surface area contributed by atoms with Crippen LogP contribution < -0.4 is 0 Å². The van der Waals surface area contributed by atoms with Crippen molar-refractivity contribution in [1.29, 1.82) is 0 Å². The van der Waals surface area contributed by atoms with Gasteiger partial charge in [-0.3, -0.25) is 4.79 Å². The first-order valence-electron chi connectivity index (χ1n) is 13.7. The van der Waals surface area contributed by atoms with E-state index in [1.165, 1.54) is 12.5 Å². The predicted molar refractivity (Wildman–Crippen MR) is 134 cm³/mol. The van der Waals surface area contributed by atoms with Crippen LogP contribution in [0.1, 0.15) is 73.1 Å². The topological polar surface area (TPSA) is 146 Å². The molecule has 2 saturated carbocycles. The fourth-order valence-corrected chi connectivity index (χ4v) is 7.96. The average Bonchev–Trinajstić information content (AvgIpc) is 2.83. The van der Waals surface area contributed by atoms with Crippen LogP contribution in [-0.4, -0.2) is 87.6 Å². The Morgan fingerprint density at radius 3 is 2.43 bits per heavy atom. The normalized spacial score (nSPS) is 46.3. The minimum Gasteiger partial charge on any atom is -0.463 e. The summed E-state index contributed by atoms with van der Waals surface area (Å²) in [6.45, 7) is 9.70. The van der Waals surface area contributed by atoms with Gasteiger partial charge in [-0.05, 0) is 61.2 Å². The number of aliphatic hydroxyl groups is 5. The zero-order valence-corrected chi connectivity index (χ0v) is 22.8. The Morgan fingerprint density at radius 1 is 1.08 bits per heavy atom. The molecule has 1 saturated heterocycles. The number of fused-ring (bicyclic) bond motifs is 3. The van der Waals surface area contributed by atoms with Crippen molar-refractivity contribution >= 4 is 5.97 Å². The fourth-order valence-electron chi connectivity index (χ4n) is 7.96. The van der Waals surface area contributed by atoms with Crippen molar-refractivity contribution in [3.63, 3.8) is 0 Å². The van der Waals surface area contributed by atoms with Gasteiger partial charge in [0.25, 0.3) is 0 Å². The van der Waals surface area contributed by atoms with Crippen LogP contribution in [0.4, 0.5) is 0 Å². The molecule has 11 atom stereocenters. The molecular weight excluding hydrogens is 480 g/mol. The van der Waals surface area contributed by atoms with Crippen LogP contribution in [0.2, 0.25) is 0 Å². The van der Waals surface area contributed by atoms with Crippen molar-refractivity contribution in [2.75, 3.05) is 13.2 Å². The Kier molecular flexibility index (Phi) is 8.20. The molecule has 9 heteroatoms. The molecule has 4 rings (SSSR count).